The molecule has 0 spiro atoms. The fraction of sp³-hybridized carbons (Fsp3) is 0.833. The molecule has 0 aromatic rings. The van der Waals surface area contributed by atoms with Gasteiger partial charge in [-0.25, -0.2) is 4.79 Å². The summed E-state index contributed by atoms with van der Waals surface area (Å²) < 4.78 is 9.62. The maximum absolute atomic E-state index is 10.7. The van der Waals surface area contributed by atoms with Gasteiger partial charge >= 0.3 is 5.97 Å². The van der Waals surface area contributed by atoms with Crippen molar-refractivity contribution in [3.8, 4) is 0 Å². The van der Waals surface area contributed by atoms with E-state index in [9.17, 15) is 4.79 Å². The highest BCUT2D eigenvalue weighted by Gasteiger charge is 2.31. The summed E-state index contributed by atoms with van der Waals surface area (Å²) in [6.45, 7) is 1.86. The smallest absolute Gasteiger partial charge is 0.335 e. The molecule has 0 aromatic carbocycles. The Morgan fingerprint density at radius 1 is 1.78 bits per heavy atom. The van der Waals surface area contributed by atoms with Crippen molar-refractivity contribution in [1.29, 1.82) is 0 Å². The van der Waals surface area contributed by atoms with Crippen LogP contribution in [0.15, 0.2) is 0 Å². The first-order valence-corrected chi connectivity index (χ1v) is 2.97. The zero-order valence-corrected chi connectivity index (χ0v) is 5.59. The van der Waals surface area contributed by atoms with E-state index in [2.05, 4.69) is 0 Å². The third-order valence-corrected chi connectivity index (χ3v) is 1.41. The largest absolute Gasteiger partial charge is 0.461 e. The Balaban J connectivity index is 2.48. The second-order valence-electron chi connectivity index (χ2n) is 2.21. The van der Waals surface area contributed by atoms with E-state index in [0.717, 1.165) is 0 Å². The lowest BCUT2D eigenvalue weighted by Gasteiger charge is -1.98. The summed E-state index contributed by atoms with van der Waals surface area (Å²) in [4.78, 5) is 10.7. The van der Waals surface area contributed by atoms with E-state index in [1.807, 2.05) is 6.92 Å². The Kier molecular flexibility index (Phi) is 1.71. The molecule has 1 saturated heterocycles. The van der Waals surface area contributed by atoms with Gasteiger partial charge in [0, 0.05) is 13.5 Å². The van der Waals surface area contributed by atoms with Crippen LogP contribution in [-0.4, -0.2) is 25.3 Å². The molecule has 0 aromatic heterocycles. The molecule has 52 valence electrons. The number of cyclic esters (lactones) is 1. The average molecular weight is 130 g/mol. The van der Waals surface area contributed by atoms with Crippen molar-refractivity contribution >= 4 is 5.97 Å². The number of hydrogen-bond acceptors (Lipinski definition) is 3. The standard InChI is InChI=1S/C6H10O3/c1-4-3-5(8-2)6(7)9-4/h4-5H,3H2,1-2H3. The van der Waals surface area contributed by atoms with Crippen LogP contribution in [0.1, 0.15) is 13.3 Å². The molecule has 1 aliphatic heterocycles. The number of carbonyl (C=O) groups excluding carboxylic acids is 1. The first-order valence-electron chi connectivity index (χ1n) is 2.97. The minimum atomic E-state index is -0.319. The molecule has 1 fully saturated rings. The molecule has 0 saturated carbocycles. The van der Waals surface area contributed by atoms with Crippen LogP contribution in [0.4, 0.5) is 0 Å². The summed E-state index contributed by atoms with van der Waals surface area (Å²) in [6, 6.07) is 0. The number of esters is 1. The molecule has 9 heavy (non-hydrogen) atoms. The van der Waals surface area contributed by atoms with E-state index in [0.29, 0.717) is 6.42 Å². The maximum atomic E-state index is 10.7. The van der Waals surface area contributed by atoms with Crippen LogP contribution in [0.25, 0.3) is 0 Å². The van der Waals surface area contributed by atoms with Gasteiger partial charge < -0.3 is 9.47 Å². The lowest BCUT2D eigenvalue weighted by Crippen LogP contribution is -2.15. The van der Waals surface area contributed by atoms with Crippen LogP contribution in [0, 0.1) is 0 Å². The van der Waals surface area contributed by atoms with E-state index < -0.39 is 0 Å². The number of rotatable bonds is 1. The van der Waals surface area contributed by atoms with Crippen LogP contribution in [0.5, 0.6) is 0 Å². The lowest BCUT2D eigenvalue weighted by molar-refractivity contribution is -0.148. The third kappa shape index (κ3) is 1.21. The molecule has 0 radical (unpaired) electrons. The summed E-state index contributed by atoms with van der Waals surface area (Å²) in [5, 5.41) is 0. The molecule has 3 heteroatoms. The molecule has 0 aliphatic carbocycles. The maximum Gasteiger partial charge on any atom is 0.335 e. The van der Waals surface area contributed by atoms with Gasteiger partial charge in [-0.2, -0.15) is 0 Å². The second-order valence-corrected chi connectivity index (χ2v) is 2.21. The number of hydrogen-bond donors (Lipinski definition) is 0. The van der Waals surface area contributed by atoms with Gasteiger partial charge in [-0.1, -0.05) is 0 Å². The highest BCUT2D eigenvalue weighted by Crippen LogP contribution is 2.15. The third-order valence-electron chi connectivity index (χ3n) is 1.41. The Morgan fingerprint density at radius 3 is 2.67 bits per heavy atom. The fourth-order valence-electron chi connectivity index (χ4n) is 0.912. The molecule has 0 N–H and O–H groups in total. The number of carbonyl (C=O) groups is 1. The topological polar surface area (TPSA) is 35.5 Å². The molecular weight excluding hydrogens is 120 g/mol. The van der Waals surface area contributed by atoms with Crippen molar-refractivity contribution in [3.63, 3.8) is 0 Å². The summed E-state index contributed by atoms with van der Waals surface area (Å²) in [7, 11) is 1.52. The van der Waals surface area contributed by atoms with E-state index in [1.54, 1.807) is 0 Å². The van der Waals surface area contributed by atoms with Crippen molar-refractivity contribution in [2.24, 2.45) is 0 Å². The summed E-state index contributed by atoms with van der Waals surface area (Å²) in [5.74, 6) is -0.231. The zero-order valence-electron chi connectivity index (χ0n) is 5.59. The van der Waals surface area contributed by atoms with Crippen molar-refractivity contribution < 1.29 is 14.3 Å². The monoisotopic (exact) mass is 130 g/mol. The van der Waals surface area contributed by atoms with E-state index in [-0.39, 0.29) is 18.2 Å². The summed E-state index contributed by atoms with van der Waals surface area (Å²) in [5.41, 5.74) is 0. The molecule has 2 unspecified atom stereocenters. The van der Waals surface area contributed by atoms with Gasteiger partial charge in [0.1, 0.15) is 6.10 Å². The first kappa shape index (κ1) is 6.55. The van der Waals surface area contributed by atoms with Crippen LogP contribution < -0.4 is 0 Å². The van der Waals surface area contributed by atoms with Gasteiger partial charge in [0.15, 0.2) is 6.10 Å². The fourth-order valence-corrected chi connectivity index (χ4v) is 0.912. The van der Waals surface area contributed by atoms with Crippen molar-refractivity contribution in [2.45, 2.75) is 25.6 Å². The number of methoxy groups -OCH3 is 1. The average Bonchev–Trinajstić information content (AvgIpc) is 2.10. The molecule has 1 aliphatic rings. The van der Waals surface area contributed by atoms with Crippen molar-refractivity contribution in [1.82, 2.24) is 0 Å². The SMILES string of the molecule is COC1CC(C)OC1=O. The van der Waals surface area contributed by atoms with Crippen molar-refractivity contribution in [2.75, 3.05) is 7.11 Å². The van der Waals surface area contributed by atoms with Crippen LogP contribution in [0.3, 0.4) is 0 Å². The lowest BCUT2D eigenvalue weighted by atomic mass is 10.2. The predicted octanol–water partition coefficient (Wildman–Crippen LogP) is 0.337. The Hall–Kier alpha value is -0.570. The van der Waals surface area contributed by atoms with Crippen LogP contribution in [-0.2, 0) is 14.3 Å². The molecule has 2 atom stereocenters. The van der Waals surface area contributed by atoms with Crippen LogP contribution in [0.2, 0.25) is 0 Å². The van der Waals surface area contributed by atoms with E-state index in [1.165, 1.54) is 7.11 Å². The highest BCUT2D eigenvalue weighted by atomic mass is 16.6. The normalized spacial score (nSPS) is 34.7. The van der Waals surface area contributed by atoms with Gasteiger partial charge in [-0.05, 0) is 6.92 Å². The van der Waals surface area contributed by atoms with Crippen LogP contribution >= 0.6 is 0 Å². The van der Waals surface area contributed by atoms with E-state index in [4.69, 9.17) is 9.47 Å². The Bertz CT molecular complexity index is 121. The van der Waals surface area contributed by atoms with Gasteiger partial charge in [-0.3, -0.25) is 0 Å². The molecular formula is C6H10O3. The molecule has 1 heterocycles. The van der Waals surface area contributed by atoms with Gasteiger partial charge in [0.25, 0.3) is 0 Å². The van der Waals surface area contributed by atoms with Gasteiger partial charge in [0.2, 0.25) is 0 Å². The Morgan fingerprint density at radius 2 is 2.44 bits per heavy atom. The van der Waals surface area contributed by atoms with Gasteiger partial charge in [-0.15, -0.1) is 0 Å². The van der Waals surface area contributed by atoms with Gasteiger partial charge in [0.05, 0.1) is 0 Å². The molecule has 0 amide bonds. The predicted molar refractivity (Wildman–Crippen MR) is 31.0 cm³/mol. The zero-order chi connectivity index (χ0) is 6.85. The molecule has 1 rings (SSSR count). The second kappa shape index (κ2) is 2.35. The molecule has 3 nitrogen and oxygen atoms in total. The molecule has 0 bridgehead atoms. The minimum absolute atomic E-state index is 0.0300. The summed E-state index contributed by atoms with van der Waals surface area (Å²) in [6.07, 6.45) is 0.400. The number of ether oxygens (including phenoxy) is 2. The Labute approximate surface area is 53.9 Å². The minimum Gasteiger partial charge on any atom is -0.461 e. The summed E-state index contributed by atoms with van der Waals surface area (Å²) >= 11 is 0. The quantitative estimate of drug-likeness (QED) is 0.480. The van der Waals surface area contributed by atoms with Crippen molar-refractivity contribution in [3.05, 3.63) is 0 Å². The highest BCUT2D eigenvalue weighted by molar-refractivity contribution is 5.76. The van der Waals surface area contributed by atoms with E-state index >= 15 is 0 Å². The first-order chi connectivity index (χ1) is 4.24.